The molecule has 0 radical (unpaired) electrons. The van der Waals surface area contributed by atoms with Gasteiger partial charge in [-0.1, -0.05) is 6.92 Å². The van der Waals surface area contributed by atoms with Crippen LogP contribution in [0.1, 0.15) is 18.7 Å². The average molecular weight is 285 g/mol. The smallest absolute Gasteiger partial charge is 0.141 e. The van der Waals surface area contributed by atoms with Crippen molar-refractivity contribution >= 4 is 10.8 Å². The van der Waals surface area contributed by atoms with E-state index >= 15 is 0 Å². The zero-order valence-electron chi connectivity index (χ0n) is 11.1. The number of nitrogens with zero attached hydrogens (tertiary/aromatic N) is 2. The molecule has 1 fully saturated rings. The number of nitrogens with two attached hydrogens (primary N) is 1. The molecular formula is C13H20FN3OS. The summed E-state index contributed by atoms with van der Waals surface area (Å²) in [6.45, 7) is 4.65. The summed E-state index contributed by atoms with van der Waals surface area (Å²) in [4.78, 5) is 6.32. The Balaban J connectivity index is 1.90. The van der Waals surface area contributed by atoms with Gasteiger partial charge in [0.05, 0.1) is 17.9 Å². The van der Waals surface area contributed by atoms with Gasteiger partial charge >= 0.3 is 0 Å². The molecule has 0 spiro atoms. The van der Waals surface area contributed by atoms with Crippen molar-refractivity contribution in [2.24, 2.45) is 11.7 Å². The van der Waals surface area contributed by atoms with E-state index in [1.165, 1.54) is 12.3 Å². The first kappa shape index (κ1) is 14.6. The SMILES string of the molecule is CC(CN1CCS(=O)CC1)C(N)c1ccc(F)cn1. The fraction of sp³-hybridized carbons (Fsp3) is 0.615. The molecule has 0 saturated carbocycles. The Hall–Kier alpha value is -0.850. The molecule has 106 valence electrons. The molecule has 1 aliphatic heterocycles. The van der Waals surface area contributed by atoms with Gasteiger partial charge in [0.1, 0.15) is 5.82 Å². The lowest BCUT2D eigenvalue weighted by Gasteiger charge is -2.30. The Bertz CT molecular complexity index is 430. The van der Waals surface area contributed by atoms with E-state index < -0.39 is 10.8 Å². The molecule has 0 aromatic carbocycles. The van der Waals surface area contributed by atoms with Crippen LogP contribution >= 0.6 is 0 Å². The van der Waals surface area contributed by atoms with Gasteiger partial charge in [0.25, 0.3) is 0 Å². The third kappa shape index (κ3) is 4.06. The second kappa shape index (κ2) is 6.54. The number of hydrogen-bond donors (Lipinski definition) is 1. The van der Waals surface area contributed by atoms with Gasteiger partial charge in [0.15, 0.2) is 0 Å². The first-order valence-electron chi connectivity index (χ1n) is 6.50. The molecule has 4 nitrogen and oxygen atoms in total. The maximum atomic E-state index is 12.8. The molecule has 1 aromatic heterocycles. The molecule has 2 N–H and O–H groups in total. The van der Waals surface area contributed by atoms with Crippen molar-refractivity contribution in [3.8, 4) is 0 Å². The fourth-order valence-corrected chi connectivity index (χ4v) is 3.38. The molecule has 1 saturated heterocycles. The van der Waals surface area contributed by atoms with Gasteiger partial charge in [-0.3, -0.25) is 9.19 Å². The highest BCUT2D eigenvalue weighted by Gasteiger charge is 2.22. The predicted octanol–water partition coefficient (Wildman–Crippen LogP) is 0.921. The molecule has 2 heterocycles. The van der Waals surface area contributed by atoms with Gasteiger partial charge in [-0.2, -0.15) is 0 Å². The minimum atomic E-state index is -0.652. The van der Waals surface area contributed by atoms with Crippen molar-refractivity contribution in [3.63, 3.8) is 0 Å². The van der Waals surface area contributed by atoms with Crippen molar-refractivity contribution in [1.29, 1.82) is 0 Å². The van der Waals surface area contributed by atoms with Gasteiger partial charge in [-0.05, 0) is 18.1 Å². The van der Waals surface area contributed by atoms with Crippen LogP contribution in [0.15, 0.2) is 18.3 Å². The lowest BCUT2D eigenvalue weighted by Crippen LogP contribution is -2.42. The van der Waals surface area contributed by atoms with E-state index in [1.807, 2.05) is 0 Å². The molecule has 1 aromatic rings. The molecule has 2 unspecified atom stereocenters. The Morgan fingerprint density at radius 1 is 1.47 bits per heavy atom. The lowest BCUT2D eigenvalue weighted by atomic mass is 9.98. The van der Waals surface area contributed by atoms with Gasteiger partial charge in [0.2, 0.25) is 0 Å². The van der Waals surface area contributed by atoms with Crippen molar-refractivity contribution in [1.82, 2.24) is 9.88 Å². The van der Waals surface area contributed by atoms with Gasteiger partial charge in [-0.15, -0.1) is 0 Å². The molecule has 6 heteroatoms. The number of hydrogen-bond acceptors (Lipinski definition) is 4. The largest absolute Gasteiger partial charge is 0.322 e. The van der Waals surface area contributed by atoms with E-state index in [-0.39, 0.29) is 17.8 Å². The molecule has 0 aliphatic carbocycles. The van der Waals surface area contributed by atoms with Crippen LogP contribution in [0.3, 0.4) is 0 Å². The fourth-order valence-electron chi connectivity index (χ4n) is 2.26. The second-order valence-electron chi connectivity index (χ2n) is 5.05. The van der Waals surface area contributed by atoms with Crippen molar-refractivity contribution in [2.45, 2.75) is 13.0 Å². The monoisotopic (exact) mass is 285 g/mol. The highest BCUT2D eigenvalue weighted by atomic mass is 32.2. The molecule has 2 atom stereocenters. The van der Waals surface area contributed by atoms with Crippen LogP contribution in [-0.4, -0.2) is 45.2 Å². The normalized spacial score (nSPS) is 21.2. The Morgan fingerprint density at radius 2 is 2.16 bits per heavy atom. The van der Waals surface area contributed by atoms with E-state index in [4.69, 9.17) is 5.73 Å². The lowest BCUT2D eigenvalue weighted by molar-refractivity contribution is 0.238. The third-order valence-corrected chi connectivity index (χ3v) is 4.80. The molecular weight excluding hydrogens is 265 g/mol. The van der Waals surface area contributed by atoms with Crippen LogP contribution in [0.5, 0.6) is 0 Å². The summed E-state index contributed by atoms with van der Waals surface area (Å²) in [5.74, 6) is 1.37. The predicted molar refractivity (Wildman–Crippen MR) is 74.6 cm³/mol. The number of rotatable bonds is 4. The molecule has 1 aliphatic rings. The summed E-state index contributed by atoms with van der Waals surface area (Å²) >= 11 is 0. The Kier molecular flexibility index (Phi) is 5.01. The summed E-state index contributed by atoms with van der Waals surface area (Å²) < 4.78 is 24.1. The summed E-state index contributed by atoms with van der Waals surface area (Å²) in [7, 11) is -0.652. The van der Waals surface area contributed by atoms with Crippen molar-refractivity contribution in [3.05, 3.63) is 29.8 Å². The van der Waals surface area contributed by atoms with E-state index in [0.717, 1.165) is 36.8 Å². The topological polar surface area (TPSA) is 59.2 Å². The van der Waals surface area contributed by atoms with Crippen molar-refractivity contribution < 1.29 is 8.60 Å². The first-order valence-corrected chi connectivity index (χ1v) is 7.99. The Morgan fingerprint density at radius 3 is 2.74 bits per heavy atom. The summed E-state index contributed by atoms with van der Waals surface area (Å²) in [5, 5.41) is 0. The molecule has 0 amide bonds. The van der Waals surface area contributed by atoms with Crippen LogP contribution in [0.25, 0.3) is 0 Å². The van der Waals surface area contributed by atoms with E-state index in [1.54, 1.807) is 6.07 Å². The van der Waals surface area contributed by atoms with Crippen LogP contribution in [-0.2, 0) is 10.8 Å². The molecule has 19 heavy (non-hydrogen) atoms. The van der Waals surface area contributed by atoms with Gasteiger partial charge < -0.3 is 10.6 Å². The van der Waals surface area contributed by atoms with E-state index in [2.05, 4.69) is 16.8 Å². The zero-order chi connectivity index (χ0) is 13.8. The van der Waals surface area contributed by atoms with Crippen LogP contribution in [0, 0.1) is 11.7 Å². The first-order chi connectivity index (χ1) is 9.06. The highest BCUT2D eigenvalue weighted by molar-refractivity contribution is 7.85. The highest BCUT2D eigenvalue weighted by Crippen LogP contribution is 2.19. The minimum Gasteiger partial charge on any atom is -0.322 e. The van der Waals surface area contributed by atoms with Crippen LogP contribution in [0.2, 0.25) is 0 Å². The quantitative estimate of drug-likeness (QED) is 0.894. The summed E-state index contributed by atoms with van der Waals surface area (Å²) in [6.07, 6.45) is 1.20. The van der Waals surface area contributed by atoms with E-state index in [9.17, 15) is 8.60 Å². The molecule has 0 bridgehead atoms. The maximum absolute atomic E-state index is 12.8. The standard InChI is InChI=1S/C13H20FN3OS/c1-10(9-17-4-6-19(18)7-5-17)13(15)12-3-2-11(14)8-16-12/h2-3,8,10,13H,4-7,9,15H2,1H3. The van der Waals surface area contributed by atoms with Crippen molar-refractivity contribution in [2.75, 3.05) is 31.1 Å². The van der Waals surface area contributed by atoms with Gasteiger partial charge in [-0.25, -0.2) is 4.39 Å². The maximum Gasteiger partial charge on any atom is 0.141 e. The average Bonchev–Trinajstić information content (AvgIpc) is 2.41. The second-order valence-corrected chi connectivity index (χ2v) is 6.75. The third-order valence-electron chi connectivity index (χ3n) is 3.52. The zero-order valence-corrected chi connectivity index (χ0v) is 11.9. The number of aromatic nitrogens is 1. The number of pyridine rings is 1. The van der Waals surface area contributed by atoms with Crippen LogP contribution < -0.4 is 5.73 Å². The minimum absolute atomic E-state index is 0.201. The van der Waals surface area contributed by atoms with E-state index in [0.29, 0.717) is 0 Å². The van der Waals surface area contributed by atoms with Gasteiger partial charge in [0, 0.05) is 41.9 Å². The summed E-state index contributed by atoms with van der Waals surface area (Å²) in [6, 6.07) is 2.83. The Labute approximate surface area is 115 Å². The molecule has 2 rings (SSSR count). The summed E-state index contributed by atoms with van der Waals surface area (Å²) in [5.41, 5.74) is 6.88. The number of halogens is 1. The van der Waals surface area contributed by atoms with Crippen LogP contribution in [0.4, 0.5) is 4.39 Å².